The van der Waals surface area contributed by atoms with E-state index in [1.54, 1.807) is 25.2 Å². The standard InChI is InChI=1S/C17H19NO4S/c1-18(15-9-10-16-17(12-15)22-13-21-16)23(19,20)11-5-8-14-6-3-2-4-7-14/h2-4,6-7,9-10,12H,5,8,11,13H2,1H3. The Bertz CT molecular complexity index is 774. The summed E-state index contributed by atoms with van der Waals surface area (Å²) in [6.45, 7) is 0.173. The Balaban J connectivity index is 1.64. The van der Waals surface area contributed by atoms with Crippen molar-refractivity contribution in [3.8, 4) is 11.5 Å². The molecule has 122 valence electrons. The van der Waals surface area contributed by atoms with Gasteiger partial charge in [0, 0.05) is 13.1 Å². The highest BCUT2D eigenvalue weighted by atomic mass is 32.2. The number of rotatable bonds is 6. The van der Waals surface area contributed by atoms with E-state index in [0.717, 1.165) is 12.0 Å². The minimum Gasteiger partial charge on any atom is -0.454 e. The Morgan fingerprint density at radius 2 is 1.78 bits per heavy atom. The van der Waals surface area contributed by atoms with Gasteiger partial charge in [0.25, 0.3) is 0 Å². The molecule has 6 heteroatoms. The number of nitrogens with zero attached hydrogens (tertiary/aromatic N) is 1. The molecule has 23 heavy (non-hydrogen) atoms. The molecule has 0 bridgehead atoms. The van der Waals surface area contributed by atoms with E-state index in [1.807, 2.05) is 30.3 Å². The van der Waals surface area contributed by atoms with Crippen LogP contribution in [0.3, 0.4) is 0 Å². The number of ether oxygens (including phenoxy) is 2. The van der Waals surface area contributed by atoms with Crippen molar-refractivity contribution in [2.75, 3.05) is 23.9 Å². The lowest BCUT2D eigenvalue weighted by atomic mass is 10.1. The summed E-state index contributed by atoms with van der Waals surface area (Å²) < 4.78 is 36.8. The van der Waals surface area contributed by atoms with Crippen LogP contribution in [0.2, 0.25) is 0 Å². The van der Waals surface area contributed by atoms with Gasteiger partial charge in [-0.25, -0.2) is 8.42 Å². The van der Waals surface area contributed by atoms with Crippen molar-refractivity contribution in [2.24, 2.45) is 0 Å². The molecule has 0 N–H and O–H groups in total. The molecular formula is C17H19NO4S. The molecular weight excluding hydrogens is 314 g/mol. The van der Waals surface area contributed by atoms with Crippen LogP contribution in [-0.4, -0.2) is 28.0 Å². The molecule has 5 nitrogen and oxygen atoms in total. The number of hydrogen-bond acceptors (Lipinski definition) is 4. The maximum atomic E-state index is 12.5. The van der Waals surface area contributed by atoms with Crippen LogP contribution in [0.1, 0.15) is 12.0 Å². The number of sulfonamides is 1. The summed E-state index contributed by atoms with van der Waals surface area (Å²) in [6, 6.07) is 15.0. The average molecular weight is 333 g/mol. The van der Waals surface area contributed by atoms with Crippen LogP contribution in [0, 0.1) is 0 Å². The van der Waals surface area contributed by atoms with Gasteiger partial charge >= 0.3 is 0 Å². The fourth-order valence-corrected chi connectivity index (χ4v) is 3.70. The van der Waals surface area contributed by atoms with E-state index in [0.29, 0.717) is 23.6 Å². The second kappa shape index (κ2) is 6.50. The van der Waals surface area contributed by atoms with Crippen molar-refractivity contribution < 1.29 is 17.9 Å². The largest absolute Gasteiger partial charge is 0.454 e. The predicted octanol–water partition coefficient (Wildman–Crippen LogP) is 2.81. The molecule has 1 aliphatic heterocycles. The van der Waals surface area contributed by atoms with Crippen molar-refractivity contribution in [2.45, 2.75) is 12.8 Å². The van der Waals surface area contributed by atoms with Crippen LogP contribution in [0.5, 0.6) is 11.5 Å². The molecule has 0 atom stereocenters. The fraction of sp³-hybridized carbons (Fsp3) is 0.294. The lowest BCUT2D eigenvalue weighted by Gasteiger charge is -2.19. The number of benzene rings is 2. The molecule has 0 unspecified atom stereocenters. The monoisotopic (exact) mass is 333 g/mol. The summed E-state index contributed by atoms with van der Waals surface area (Å²) in [6.07, 6.45) is 1.33. The van der Waals surface area contributed by atoms with Crippen LogP contribution < -0.4 is 13.8 Å². The molecule has 0 saturated carbocycles. The molecule has 0 amide bonds. The van der Waals surface area contributed by atoms with Crippen molar-refractivity contribution in [3.63, 3.8) is 0 Å². The first-order chi connectivity index (χ1) is 11.1. The minimum absolute atomic E-state index is 0.104. The van der Waals surface area contributed by atoms with Gasteiger partial charge in [0.1, 0.15) is 0 Å². The number of anilines is 1. The molecule has 1 heterocycles. The van der Waals surface area contributed by atoms with Crippen LogP contribution in [0.4, 0.5) is 5.69 Å². The zero-order valence-corrected chi connectivity index (χ0v) is 13.8. The highest BCUT2D eigenvalue weighted by Gasteiger charge is 2.21. The summed E-state index contributed by atoms with van der Waals surface area (Å²) in [5.41, 5.74) is 1.72. The quantitative estimate of drug-likeness (QED) is 0.816. The van der Waals surface area contributed by atoms with E-state index in [1.165, 1.54) is 4.31 Å². The van der Waals surface area contributed by atoms with Crippen LogP contribution >= 0.6 is 0 Å². The van der Waals surface area contributed by atoms with E-state index in [-0.39, 0.29) is 12.5 Å². The van der Waals surface area contributed by atoms with Crippen molar-refractivity contribution >= 4 is 15.7 Å². The lowest BCUT2D eigenvalue weighted by Crippen LogP contribution is -2.29. The molecule has 0 saturated heterocycles. The summed E-state index contributed by atoms with van der Waals surface area (Å²) in [7, 11) is -1.80. The van der Waals surface area contributed by atoms with Crippen LogP contribution in [0.25, 0.3) is 0 Å². The minimum atomic E-state index is -3.36. The third-order valence-corrected chi connectivity index (χ3v) is 5.70. The molecule has 0 fully saturated rings. The first kappa shape index (κ1) is 15.7. The Hall–Kier alpha value is -2.21. The number of aryl methyl sites for hydroxylation is 1. The van der Waals surface area contributed by atoms with E-state index in [9.17, 15) is 8.42 Å². The first-order valence-electron chi connectivity index (χ1n) is 7.46. The third kappa shape index (κ3) is 3.59. The van der Waals surface area contributed by atoms with E-state index in [4.69, 9.17) is 9.47 Å². The third-order valence-electron chi connectivity index (χ3n) is 3.85. The van der Waals surface area contributed by atoms with E-state index in [2.05, 4.69) is 0 Å². The molecule has 0 spiro atoms. The highest BCUT2D eigenvalue weighted by Crippen LogP contribution is 2.35. The van der Waals surface area contributed by atoms with Gasteiger partial charge in [-0.05, 0) is 30.5 Å². The van der Waals surface area contributed by atoms with E-state index < -0.39 is 10.0 Å². The van der Waals surface area contributed by atoms with Gasteiger partial charge in [-0.2, -0.15) is 0 Å². The SMILES string of the molecule is CN(c1ccc2c(c1)OCO2)S(=O)(=O)CCCc1ccccc1. The summed E-state index contributed by atoms with van der Waals surface area (Å²) in [5.74, 6) is 1.32. The smallest absolute Gasteiger partial charge is 0.234 e. The van der Waals surface area contributed by atoms with Crippen molar-refractivity contribution in [1.29, 1.82) is 0 Å². The van der Waals surface area contributed by atoms with Crippen LogP contribution in [-0.2, 0) is 16.4 Å². The second-order valence-electron chi connectivity index (χ2n) is 5.41. The molecule has 2 aromatic rings. The average Bonchev–Trinajstić information content (AvgIpc) is 3.02. The van der Waals surface area contributed by atoms with Crippen molar-refractivity contribution in [3.05, 3.63) is 54.1 Å². The summed E-state index contributed by atoms with van der Waals surface area (Å²) in [4.78, 5) is 0. The number of hydrogen-bond donors (Lipinski definition) is 0. The predicted molar refractivity (Wildman–Crippen MR) is 89.5 cm³/mol. The normalized spacial score (nSPS) is 13.1. The molecule has 3 rings (SSSR count). The van der Waals surface area contributed by atoms with Gasteiger partial charge in [0.2, 0.25) is 16.8 Å². The van der Waals surface area contributed by atoms with Gasteiger partial charge in [-0.15, -0.1) is 0 Å². The summed E-state index contributed by atoms with van der Waals surface area (Å²) >= 11 is 0. The topological polar surface area (TPSA) is 55.8 Å². The molecule has 0 aromatic heterocycles. The lowest BCUT2D eigenvalue weighted by molar-refractivity contribution is 0.174. The van der Waals surface area contributed by atoms with Crippen LogP contribution in [0.15, 0.2) is 48.5 Å². The van der Waals surface area contributed by atoms with Gasteiger partial charge in [0.15, 0.2) is 11.5 Å². The van der Waals surface area contributed by atoms with Gasteiger partial charge in [0.05, 0.1) is 11.4 Å². The van der Waals surface area contributed by atoms with Gasteiger partial charge < -0.3 is 9.47 Å². The Kier molecular flexibility index (Phi) is 4.43. The molecule has 1 aliphatic rings. The summed E-state index contributed by atoms with van der Waals surface area (Å²) in [5, 5.41) is 0. The Labute approximate surface area is 136 Å². The van der Waals surface area contributed by atoms with Gasteiger partial charge in [-0.3, -0.25) is 4.31 Å². The zero-order chi connectivity index (χ0) is 16.3. The molecule has 0 radical (unpaired) electrons. The number of fused-ring (bicyclic) bond motifs is 1. The maximum absolute atomic E-state index is 12.5. The first-order valence-corrected chi connectivity index (χ1v) is 9.07. The highest BCUT2D eigenvalue weighted by molar-refractivity contribution is 7.92. The Morgan fingerprint density at radius 1 is 1.04 bits per heavy atom. The van der Waals surface area contributed by atoms with Crippen molar-refractivity contribution in [1.82, 2.24) is 0 Å². The van der Waals surface area contributed by atoms with Gasteiger partial charge in [-0.1, -0.05) is 30.3 Å². The molecule has 0 aliphatic carbocycles. The second-order valence-corrected chi connectivity index (χ2v) is 7.53. The Morgan fingerprint density at radius 3 is 2.57 bits per heavy atom. The van der Waals surface area contributed by atoms with E-state index >= 15 is 0 Å². The molecule has 2 aromatic carbocycles. The fourth-order valence-electron chi connectivity index (χ4n) is 2.48. The zero-order valence-electron chi connectivity index (χ0n) is 12.9. The maximum Gasteiger partial charge on any atom is 0.234 e.